The topological polar surface area (TPSA) is 64.7 Å². The molecule has 0 unspecified atom stereocenters. The van der Waals surface area contributed by atoms with E-state index < -0.39 is 0 Å². The van der Waals surface area contributed by atoms with Crippen molar-refractivity contribution in [3.63, 3.8) is 0 Å². The summed E-state index contributed by atoms with van der Waals surface area (Å²) in [6, 6.07) is 8.48. The van der Waals surface area contributed by atoms with E-state index in [9.17, 15) is 9.59 Å². The molecule has 3 rings (SSSR count). The predicted octanol–water partition coefficient (Wildman–Crippen LogP) is 3.20. The number of urea groups is 1. The van der Waals surface area contributed by atoms with Crippen LogP contribution in [0.1, 0.15) is 51.0 Å². The quantitative estimate of drug-likeness (QED) is 0.806. The van der Waals surface area contributed by atoms with Gasteiger partial charge < -0.3 is 15.5 Å². The summed E-state index contributed by atoms with van der Waals surface area (Å²) < 4.78 is 0. The number of hydrogen-bond acceptors (Lipinski definition) is 3. The van der Waals surface area contributed by atoms with E-state index in [1.54, 1.807) is 0 Å². The number of likely N-dealkylation sites (tertiary alicyclic amines) is 2. The summed E-state index contributed by atoms with van der Waals surface area (Å²) in [5.74, 6) is 0.197. The van der Waals surface area contributed by atoms with E-state index in [-0.39, 0.29) is 11.9 Å². The molecule has 0 aliphatic carbocycles. The van der Waals surface area contributed by atoms with Gasteiger partial charge in [0, 0.05) is 44.3 Å². The average Bonchev–Trinajstić information content (AvgIpc) is 2.65. The SMILES string of the molecule is C[C@H]1CCCCN1Cc1cccc(NC(=O)NCCN2CCCCC2=O)c1. The molecule has 2 saturated heterocycles. The third kappa shape index (κ3) is 5.96. The standard InChI is InChI=1S/C21H32N4O2/c1-17-7-2-4-13-25(17)16-18-8-6-9-19(15-18)23-21(27)22-11-14-24-12-5-3-10-20(24)26/h6,8-9,15,17H,2-5,7,10-14,16H2,1H3,(H2,22,23,27)/t17-/m0/s1. The van der Waals surface area contributed by atoms with Gasteiger partial charge in [0.1, 0.15) is 0 Å². The van der Waals surface area contributed by atoms with Gasteiger partial charge in [0.15, 0.2) is 0 Å². The molecule has 2 fully saturated rings. The maximum Gasteiger partial charge on any atom is 0.319 e. The normalized spacial score (nSPS) is 21.1. The summed E-state index contributed by atoms with van der Waals surface area (Å²) in [6.45, 7) is 6.23. The van der Waals surface area contributed by atoms with Gasteiger partial charge in [-0.1, -0.05) is 18.6 Å². The minimum Gasteiger partial charge on any atom is -0.341 e. The lowest BCUT2D eigenvalue weighted by molar-refractivity contribution is -0.133. The van der Waals surface area contributed by atoms with Gasteiger partial charge in [0.25, 0.3) is 0 Å². The Balaban J connectivity index is 1.44. The van der Waals surface area contributed by atoms with Crippen molar-refractivity contribution in [3.05, 3.63) is 29.8 Å². The second-order valence-corrected chi connectivity index (χ2v) is 7.73. The molecule has 6 nitrogen and oxygen atoms in total. The Labute approximate surface area is 162 Å². The van der Waals surface area contributed by atoms with Crippen molar-refractivity contribution in [2.45, 2.75) is 58.0 Å². The van der Waals surface area contributed by atoms with Crippen molar-refractivity contribution < 1.29 is 9.59 Å². The molecule has 0 bridgehead atoms. The van der Waals surface area contributed by atoms with E-state index in [1.807, 2.05) is 17.0 Å². The highest BCUT2D eigenvalue weighted by molar-refractivity contribution is 5.89. The van der Waals surface area contributed by atoms with Crippen LogP contribution in [0.4, 0.5) is 10.5 Å². The van der Waals surface area contributed by atoms with E-state index in [0.717, 1.165) is 38.2 Å². The Hall–Kier alpha value is -2.08. The second-order valence-electron chi connectivity index (χ2n) is 7.73. The number of hydrogen-bond donors (Lipinski definition) is 2. The minimum atomic E-state index is -0.219. The van der Waals surface area contributed by atoms with Gasteiger partial charge in [-0.2, -0.15) is 0 Å². The van der Waals surface area contributed by atoms with Crippen LogP contribution in [0.5, 0.6) is 0 Å². The molecule has 0 spiro atoms. The Morgan fingerprint density at radius 3 is 2.85 bits per heavy atom. The third-order valence-electron chi connectivity index (χ3n) is 5.60. The molecular weight excluding hydrogens is 340 g/mol. The molecular formula is C21H32N4O2. The Morgan fingerprint density at radius 2 is 2.04 bits per heavy atom. The van der Waals surface area contributed by atoms with Gasteiger partial charge in [-0.3, -0.25) is 9.69 Å². The molecule has 27 heavy (non-hydrogen) atoms. The van der Waals surface area contributed by atoms with Crippen LogP contribution in [0.25, 0.3) is 0 Å². The fourth-order valence-electron chi connectivity index (χ4n) is 3.95. The zero-order valence-electron chi connectivity index (χ0n) is 16.4. The highest BCUT2D eigenvalue weighted by Crippen LogP contribution is 2.20. The van der Waals surface area contributed by atoms with Gasteiger partial charge in [-0.15, -0.1) is 0 Å². The van der Waals surface area contributed by atoms with E-state index in [1.165, 1.54) is 24.8 Å². The molecule has 1 aromatic rings. The first-order valence-corrected chi connectivity index (χ1v) is 10.3. The number of benzene rings is 1. The highest BCUT2D eigenvalue weighted by Gasteiger charge is 2.19. The first kappa shape index (κ1) is 19.7. The molecule has 0 aromatic heterocycles. The lowest BCUT2D eigenvalue weighted by Crippen LogP contribution is -2.41. The summed E-state index contributed by atoms with van der Waals surface area (Å²) in [4.78, 5) is 28.3. The van der Waals surface area contributed by atoms with Crippen LogP contribution in [0, 0.1) is 0 Å². The summed E-state index contributed by atoms with van der Waals surface area (Å²) in [7, 11) is 0. The van der Waals surface area contributed by atoms with Crippen molar-refractivity contribution in [2.24, 2.45) is 0 Å². The van der Waals surface area contributed by atoms with Crippen LogP contribution in [0.2, 0.25) is 0 Å². The predicted molar refractivity (Wildman–Crippen MR) is 108 cm³/mol. The molecule has 1 atom stereocenters. The van der Waals surface area contributed by atoms with Gasteiger partial charge in [-0.05, 0) is 56.8 Å². The van der Waals surface area contributed by atoms with Crippen LogP contribution in [0.15, 0.2) is 24.3 Å². The lowest BCUT2D eigenvalue weighted by atomic mass is 10.0. The number of anilines is 1. The Morgan fingerprint density at radius 1 is 1.19 bits per heavy atom. The summed E-state index contributed by atoms with van der Waals surface area (Å²) in [5, 5.41) is 5.76. The largest absolute Gasteiger partial charge is 0.341 e. The number of rotatable bonds is 6. The van der Waals surface area contributed by atoms with Gasteiger partial charge in [0.05, 0.1) is 0 Å². The molecule has 2 aliphatic rings. The fraction of sp³-hybridized carbons (Fsp3) is 0.619. The first-order valence-electron chi connectivity index (χ1n) is 10.3. The van der Waals surface area contributed by atoms with Gasteiger partial charge in [0.2, 0.25) is 5.91 Å². The van der Waals surface area contributed by atoms with Crippen LogP contribution in [-0.4, -0.2) is 54.0 Å². The molecule has 3 amide bonds. The van der Waals surface area contributed by atoms with Gasteiger partial charge in [-0.25, -0.2) is 4.79 Å². The smallest absolute Gasteiger partial charge is 0.319 e. The number of nitrogens with one attached hydrogen (secondary N) is 2. The average molecular weight is 373 g/mol. The van der Waals surface area contributed by atoms with Crippen molar-refractivity contribution >= 4 is 17.6 Å². The number of piperidine rings is 2. The van der Waals surface area contributed by atoms with Gasteiger partial charge >= 0.3 is 6.03 Å². The van der Waals surface area contributed by atoms with Crippen molar-refractivity contribution in [3.8, 4) is 0 Å². The highest BCUT2D eigenvalue weighted by atomic mass is 16.2. The molecule has 1 aromatic carbocycles. The molecule has 2 aliphatic heterocycles. The summed E-state index contributed by atoms with van der Waals surface area (Å²) in [5.41, 5.74) is 2.03. The number of carbonyl (C=O) groups excluding carboxylic acids is 2. The van der Waals surface area contributed by atoms with Crippen LogP contribution in [0.3, 0.4) is 0 Å². The molecule has 2 heterocycles. The zero-order valence-corrected chi connectivity index (χ0v) is 16.4. The summed E-state index contributed by atoms with van der Waals surface area (Å²) >= 11 is 0. The third-order valence-corrected chi connectivity index (χ3v) is 5.60. The number of carbonyl (C=O) groups is 2. The van der Waals surface area contributed by atoms with Crippen LogP contribution >= 0.6 is 0 Å². The maximum absolute atomic E-state index is 12.2. The Bertz CT molecular complexity index is 649. The number of amides is 3. The molecule has 2 N–H and O–H groups in total. The van der Waals surface area contributed by atoms with E-state index in [0.29, 0.717) is 25.6 Å². The molecule has 0 saturated carbocycles. The fourth-order valence-corrected chi connectivity index (χ4v) is 3.95. The van der Waals surface area contributed by atoms with Crippen molar-refractivity contribution in [1.29, 1.82) is 0 Å². The summed E-state index contributed by atoms with van der Waals surface area (Å²) in [6.07, 6.45) is 6.53. The zero-order chi connectivity index (χ0) is 19.1. The monoisotopic (exact) mass is 372 g/mol. The number of nitrogens with zero attached hydrogens (tertiary/aromatic N) is 2. The second kappa shape index (κ2) is 9.74. The van der Waals surface area contributed by atoms with Crippen molar-refractivity contribution in [1.82, 2.24) is 15.1 Å². The van der Waals surface area contributed by atoms with E-state index >= 15 is 0 Å². The molecule has 6 heteroatoms. The van der Waals surface area contributed by atoms with Crippen LogP contribution in [-0.2, 0) is 11.3 Å². The maximum atomic E-state index is 12.2. The van der Waals surface area contributed by atoms with Crippen molar-refractivity contribution in [2.75, 3.05) is 31.5 Å². The van der Waals surface area contributed by atoms with E-state index in [2.05, 4.69) is 34.6 Å². The Kier molecular flexibility index (Phi) is 7.10. The van der Waals surface area contributed by atoms with Crippen LogP contribution < -0.4 is 10.6 Å². The minimum absolute atomic E-state index is 0.197. The van der Waals surface area contributed by atoms with E-state index in [4.69, 9.17) is 0 Å². The molecule has 0 radical (unpaired) electrons. The molecule has 148 valence electrons. The first-order chi connectivity index (χ1) is 13.1. The lowest BCUT2D eigenvalue weighted by Gasteiger charge is -2.33.